The predicted molar refractivity (Wildman–Crippen MR) is 239 cm³/mol. The second-order valence-electron chi connectivity index (χ2n) is 14.8. The summed E-state index contributed by atoms with van der Waals surface area (Å²) in [7, 11) is 0. The van der Waals surface area contributed by atoms with Crippen molar-refractivity contribution in [2.45, 2.75) is 0 Å². The second kappa shape index (κ2) is 12.9. The van der Waals surface area contributed by atoms with E-state index in [0.717, 1.165) is 116 Å². The van der Waals surface area contributed by atoms with Crippen molar-refractivity contribution in [1.29, 1.82) is 0 Å². The molecule has 9 aromatic carbocycles. The molecule has 0 saturated carbocycles. The summed E-state index contributed by atoms with van der Waals surface area (Å²) >= 11 is 0. The summed E-state index contributed by atoms with van der Waals surface area (Å²) < 4.78 is 20.3. The van der Waals surface area contributed by atoms with Crippen LogP contribution in [0.2, 0.25) is 0 Å². The first-order chi connectivity index (χ1) is 28.7. The van der Waals surface area contributed by atoms with Crippen LogP contribution < -0.4 is 4.90 Å². The molecule has 0 aliphatic carbocycles. The van der Waals surface area contributed by atoms with Crippen molar-refractivity contribution in [2.75, 3.05) is 4.90 Å². The number of nitrogens with zero attached hydrogens (tertiary/aromatic N) is 1. The van der Waals surface area contributed by atoms with Gasteiger partial charge in [-0.05, 0) is 88.5 Å². The molecular formula is C54H33NO3. The van der Waals surface area contributed by atoms with Gasteiger partial charge in [0.05, 0.1) is 22.1 Å². The Balaban J connectivity index is 1.21. The van der Waals surface area contributed by atoms with Gasteiger partial charge in [-0.2, -0.15) is 0 Å². The third-order valence-corrected chi connectivity index (χ3v) is 11.5. The first kappa shape index (κ1) is 32.4. The molecule has 3 aromatic heterocycles. The molecule has 4 heteroatoms. The van der Waals surface area contributed by atoms with E-state index in [1.54, 1.807) is 0 Å². The Morgan fingerprint density at radius 2 is 0.845 bits per heavy atom. The number of rotatable bonds is 6. The Kier molecular flexibility index (Phi) is 7.20. The van der Waals surface area contributed by atoms with Gasteiger partial charge in [0.25, 0.3) is 0 Å². The number of furan rings is 3. The number of hydrogen-bond acceptors (Lipinski definition) is 4. The fourth-order valence-electron chi connectivity index (χ4n) is 8.77. The van der Waals surface area contributed by atoms with E-state index < -0.39 is 0 Å². The monoisotopic (exact) mass is 743 g/mol. The molecule has 0 spiro atoms. The SMILES string of the molecule is c1ccc(-c2ccc3c(c2)oc2cc(-c4ccccc4)cc(N(c4ccc5c(c4)oc4ccccc45)c4ccc(-c5ccccc5)c5oc6ccccc6c45)c23)cc1. The van der Waals surface area contributed by atoms with E-state index in [2.05, 4.69) is 175 Å². The normalized spacial score (nSPS) is 11.8. The first-order valence-corrected chi connectivity index (χ1v) is 19.6. The van der Waals surface area contributed by atoms with Crippen LogP contribution in [0.15, 0.2) is 213 Å². The van der Waals surface area contributed by atoms with Gasteiger partial charge in [0.1, 0.15) is 33.5 Å². The molecular weight excluding hydrogens is 711 g/mol. The Labute approximate surface area is 333 Å². The zero-order chi connectivity index (χ0) is 38.2. The molecule has 0 saturated heterocycles. The van der Waals surface area contributed by atoms with E-state index in [9.17, 15) is 0 Å². The van der Waals surface area contributed by atoms with Gasteiger partial charge in [0.2, 0.25) is 0 Å². The number of hydrogen-bond donors (Lipinski definition) is 0. The molecule has 0 radical (unpaired) electrons. The van der Waals surface area contributed by atoms with Crippen LogP contribution in [0.5, 0.6) is 0 Å². The van der Waals surface area contributed by atoms with E-state index in [0.29, 0.717) is 0 Å². The van der Waals surface area contributed by atoms with Crippen LogP contribution in [-0.4, -0.2) is 0 Å². The molecule has 12 aromatic rings. The van der Waals surface area contributed by atoms with Crippen molar-refractivity contribution in [2.24, 2.45) is 0 Å². The maximum Gasteiger partial charge on any atom is 0.145 e. The van der Waals surface area contributed by atoms with E-state index >= 15 is 0 Å². The first-order valence-electron chi connectivity index (χ1n) is 19.6. The van der Waals surface area contributed by atoms with Crippen LogP contribution in [0.4, 0.5) is 17.1 Å². The van der Waals surface area contributed by atoms with Gasteiger partial charge in [0.15, 0.2) is 0 Å². The lowest BCUT2D eigenvalue weighted by molar-refractivity contribution is 0.669. The molecule has 4 nitrogen and oxygen atoms in total. The maximum atomic E-state index is 6.91. The minimum absolute atomic E-state index is 0.806. The van der Waals surface area contributed by atoms with E-state index in [4.69, 9.17) is 13.3 Å². The summed E-state index contributed by atoms with van der Waals surface area (Å²) in [5.41, 5.74) is 14.4. The number of fused-ring (bicyclic) bond motifs is 9. The predicted octanol–water partition coefficient (Wildman–Crippen LogP) is 15.9. The number of benzene rings is 9. The summed E-state index contributed by atoms with van der Waals surface area (Å²) in [6.45, 7) is 0. The Morgan fingerprint density at radius 1 is 0.293 bits per heavy atom. The Hall–Kier alpha value is -7.82. The summed E-state index contributed by atoms with van der Waals surface area (Å²) in [6, 6.07) is 70.1. The third kappa shape index (κ3) is 5.09. The summed E-state index contributed by atoms with van der Waals surface area (Å²) in [4.78, 5) is 2.38. The maximum absolute atomic E-state index is 6.91. The molecule has 0 atom stereocenters. The van der Waals surface area contributed by atoms with Crippen molar-refractivity contribution < 1.29 is 13.3 Å². The summed E-state index contributed by atoms with van der Waals surface area (Å²) in [5, 5.41) is 6.29. The van der Waals surface area contributed by atoms with Crippen molar-refractivity contribution in [1.82, 2.24) is 0 Å². The fourth-order valence-corrected chi connectivity index (χ4v) is 8.77. The highest BCUT2D eigenvalue weighted by atomic mass is 16.3. The average Bonchev–Trinajstić information content (AvgIpc) is 3.98. The van der Waals surface area contributed by atoms with Gasteiger partial charge in [-0.15, -0.1) is 0 Å². The van der Waals surface area contributed by atoms with Crippen LogP contribution in [0.25, 0.3) is 99.2 Å². The number of para-hydroxylation sites is 2. The molecule has 272 valence electrons. The molecule has 0 fully saturated rings. The number of anilines is 3. The largest absolute Gasteiger partial charge is 0.456 e. The smallest absolute Gasteiger partial charge is 0.145 e. The molecule has 0 amide bonds. The zero-order valence-electron chi connectivity index (χ0n) is 31.2. The highest BCUT2D eigenvalue weighted by molar-refractivity contribution is 6.21. The molecule has 58 heavy (non-hydrogen) atoms. The molecule has 0 N–H and O–H groups in total. The van der Waals surface area contributed by atoms with Crippen LogP contribution in [0, 0.1) is 0 Å². The third-order valence-electron chi connectivity index (χ3n) is 11.5. The van der Waals surface area contributed by atoms with E-state index in [1.165, 1.54) is 0 Å². The van der Waals surface area contributed by atoms with Crippen LogP contribution >= 0.6 is 0 Å². The van der Waals surface area contributed by atoms with Gasteiger partial charge in [-0.3, -0.25) is 0 Å². The highest BCUT2D eigenvalue weighted by Gasteiger charge is 2.26. The summed E-state index contributed by atoms with van der Waals surface area (Å²) in [6.07, 6.45) is 0. The van der Waals surface area contributed by atoms with Gasteiger partial charge in [-0.1, -0.05) is 133 Å². The summed E-state index contributed by atoms with van der Waals surface area (Å²) in [5.74, 6) is 0. The molecule has 3 heterocycles. The molecule has 0 unspecified atom stereocenters. The quantitative estimate of drug-likeness (QED) is 0.170. The zero-order valence-corrected chi connectivity index (χ0v) is 31.2. The van der Waals surface area contributed by atoms with E-state index in [-0.39, 0.29) is 0 Å². The van der Waals surface area contributed by atoms with Gasteiger partial charge < -0.3 is 18.2 Å². The fraction of sp³-hybridized carbons (Fsp3) is 0. The molecule has 0 bridgehead atoms. The second-order valence-corrected chi connectivity index (χ2v) is 14.8. The Bertz CT molecular complexity index is 3500. The minimum Gasteiger partial charge on any atom is -0.456 e. The van der Waals surface area contributed by atoms with Gasteiger partial charge >= 0.3 is 0 Å². The van der Waals surface area contributed by atoms with Crippen LogP contribution in [0.3, 0.4) is 0 Å². The topological polar surface area (TPSA) is 42.7 Å². The average molecular weight is 744 g/mol. The minimum atomic E-state index is 0.806. The molecule has 0 aliphatic heterocycles. The van der Waals surface area contributed by atoms with Gasteiger partial charge in [-0.25, -0.2) is 0 Å². The lowest BCUT2D eigenvalue weighted by Gasteiger charge is -2.28. The molecule has 0 aliphatic rings. The van der Waals surface area contributed by atoms with E-state index in [1.807, 2.05) is 30.3 Å². The highest BCUT2D eigenvalue weighted by Crippen LogP contribution is 2.51. The van der Waals surface area contributed by atoms with Crippen molar-refractivity contribution in [3.8, 4) is 33.4 Å². The molecule has 12 rings (SSSR count). The standard InChI is InChI=1S/C54H33NO3/c1-4-14-34(15-5-1)37-24-26-44-49(31-37)57-51-32-38(35-16-6-2-7-17-35)30-46(52(44)51)55(39-25-27-42-41-20-10-12-22-47(41)56-50(42)33-39)45-29-28-40(36-18-8-3-9-19-36)54-53(45)43-21-11-13-23-48(43)58-54/h1-33H. The van der Waals surface area contributed by atoms with Crippen LogP contribution in [0.1, 0.15) is 0 Å². The van der Waals surface area contributed by atoms with Gasteiger partial charge in [0, 0.05) is 38.9 Å². The van der Waals surface area contributed by atoms with Crippen molar-refractivity contribution in [3.63, 3.8) is 0 Å². The van der Waals surface area contributed by atoms with Crippen molar-refractivity contribution >= 4 is 82.9 Å². The van der Waals surface area contributed by atoms with Crippen molar-refractivity contribution in [3.05, 3.63) is 200 Å². The van der Waals surface area contributed by atoms with Crippen LogP contribution in [-0.2, 0) is 0 Å². The Morgan fingerprint density at radius 3 is 1.60 bits per heavy atom. The lowest BCUT2D eigenvalue weighted by atomic mass is 9.97. The lowest BCUT2D eigenvalue weighted by Crippen LogP contribution is -2.11.